The summed E-state index contributed by atoms with van der Waals surface area (Å²) < 4.78 is 30.2. The number of rotatable bonds is 6. The predicted molar refractivity (Wildman–Crippen MR) is 111 cm³/mol. The highest BCUT2D eigenvalue weighted by Crippen LogP contribution is 2.28. The number of pyridine rings is 1. The smallest absolute Gasteiger partial charge is 0.340 e. The monoisotopic (exact) mass is 429 g/mol. The maximum absolute atomic E-state index is 12.7. The van der Waals surface area contributed by atoms with Crippen LogP contribution in [0.2, 0.25) is 0 Å². The lowest BCUT2D eigenvalue weighted by molar-refractivity contribution is -0.124. The van der Waals surface area contributed by atoms with E-state index in [-0.39, 0.29) is 39.6 Å². The van der Waals surface area contributed by atoms with E-state index in [1.165, 1.54) is 31.5 Å². The van der Waals surface area contributed by atoms with Gasteiger partial charge < -0.3 is 10.1 Å². The fraction of sp³-hybridized carbons (Fsp3) is 0.333. The van der Waals surface area contributed by atoms with Gasteiger partial charge >= 0.3 is 5.97 Å². The molecule has 1 unspecified atom stereocenters. The van der Waals surface area contributed by atoms with Crippen LogP contribution in [0.3, 0.4) is 0 Å². The van der Waals surface area contributed by atoms with Gasteiger partial charge in [0.15, 0.2) is 15.7 Å². The molecule has 1 aliphatic heterocycles. The number of carbonyl (C=O) groups is 2. The standard InChI is InChI=1S/C21H23N3O5S/c1-13(2)21(3)20(26)23-18(24-21)17-16(19(25)29-4)10-14(11-22-17)12-30(27,28)15-8-6-5-7-9-15/h5-11,13H,12H2,1-4H3,(H,23,24,26). The van der Waals surface area contributed by atoms with Gasteiger partial charge in [-0.1, -0.05) is 32.0 Å². The van der Waals surface area contributed by atoms with Crippen LogP contribution in [-0.4, -0.2) is 43.8 Å². The molecule has 0 fully saturated rings. The summed E-state index contributed by atoms with van der Waals surface area (Å²) >= 11 is 0. The summed E-state index contributed by atoms with van der Waals surface area (Å²) in [5, 5.41) is 2.68. The molecular formula is C21H23N3O5S. The number of nitrogens with one attached hydrogen (secondary N) is 1. The maximum Gasteiger partial charge on any atom is 0.340 e. The number of sulfone groups is 1. The van der Waals surface area contributed by atoms with Crippen LogP contribution >= 0.6 is 0 Å². The van der Waals surface area contributed by atoms with Crippen LogP contribution in [0.4, 0.5) is 0 Å². The molecule has 8 nitrogen and oxygen atoms in total. The highest BCUT2D eigenvalue weighted by atomic mass is 32.2. The van der Waals surface area contributed by atoms with E-state index in [9.17, 15) is 18.0 Å². The van der Waals surface area contributed by atoms with Gasteiger partial charge in [0.2, 0.25) is 0 Å². The number of benzene rings is 1. The molecule has 0 saturated carbocycles. The summed E-state index contributed by atoms with van der Waals surface area (Å²) in [6.45, 7) is 5.45. The van der Waals surface area contributed by atoms with E-state index in [1.807, 2.05) is 13.8 Å². The second kappa shape index (κ2) is 7.98. The van der Waals surface area contributed by atoms with Crippen molar-refractivity contribution in [3.63, 3.8) is 0 Å². The Morgan fingerprint density at radius 2 is 1.90 bits per heavy atom. The molecule has 0 spiro atoms. The molecular weight excluding hydrogens is 406 g/mol. The lowest BCUT2D eigenvalue weighted by atomic mass is 9.89. The summed E-state index contributed by atoms with van der Waals surface area (Å²) in [7, 11) is -2.41. The van der Waals surface area contributed by atoms with Gasteiger partial charge in [-0.25, -0.2) is 18.2 Å². The third-order valence-electron chi connectivity index (χ3n) is 5.19. The number of hydrogen-bond donors (Lipinski definition) is 1. The van der Waals surface area contributed by atoms with Crippen molar-refractivity contribution in [1.82, 2.24) is 10.3 Å². The summed E-state index contributed by atoms with van der Waals surface area (Å²) in [6, 6.07) is 9.43. The number of amidine groups is 1. The summed E-state index contributed by atoms with van der Waals surface area (Å²) in [5.41, 5.74) is -0.495. The van der Waals surface area contributed by atoms with Gasteiger partial charge in [0.25, 0.3) is 5.91 Å². The van der Waals surface area contributed by atoms with Crippen molar-refractivity contribution < 1.29 is 22.7 Å². The number of amides is 1. The minimum Gasteiger partial charge on any atom is -0.465 e. The Labute approximate surface area is 175 Å². The third kappa shape index (κ3) is 3.97. The number of aliphatic imine (C=N–C) groups is 1. The average molecular weight is 429 g/mol. The topological polar surface area (TPSA) is 115 Å². The Hall–Kier alpha value is -3.07. The highest BCUT2D eigenvalue weighted by molar-refractivity contribution is 7.90. The van der Waals surface area contributed by atoms with E-state index in [0.29, 0.717) is 5.56 Å². The first-order valence-corrected chi connectivity index (χ1v) is 11.0. The van der Waals surface area contributed by atoms with E-state index in [0.717, 1.165) is 0 Å². The number of ether oxygens (including phenoxy) is 1. The molecule has 1 aromatic carbocycles. The van der Waals surface area contributed by atoms with Crippen LogP contribution in [0.1, 0.15) is 42.4 Å². The van der Waals surface area contributed by atoms with Crippen LogP contribution in [-0.2, 0) is 25.1 Å². The van der Waals surface area contributed by atoms with E-state index in [1.54, 1.807) is 25.1 Å². The second-order valence-corrected chi connectivity index (χ2v) is 9.51. The van der Waals surface area contributed by atoms with Crippen molar-refractivity contribution in [3.05, 3.63) is 59.4 Å². The second-order valence-electron chi connectivity index (χ2n) is 7.52. The van der Waals surface area contributed by atoms with Crippen LogP contribution in [0.5, 0.6) is 0 Å². The van der Waals surface area contributed by atoms with Gasteiger partial charge in [-0.05, 0) is 36.6 Å². The van der Waals surface area contributed by atoms with Gasteiger partial charge in [-0.3, -0.25) is 9.78 Å². The fourth-order valence-electron chi connectivity index (χ4n) is 3.02. The Morgan fingerprint density at radius 3 is 2.47 bits per heavy atom. The summed E-state index contributed by atoms with van der Waals surface area (Å²) in [6.07, 6.45) is 1.36. The number of nitrogens with zero attached hydrogens (tertiary/aromatic N) is 2. The Balaban J connectivity index is 2.02. The van der Waals surface area contributed by atoms with Gasteiger partial charge in [-0.15, -0.1) is 0 Å². The Morgan fingerprint density at radius 1 is 1.23 bits per heavy atom. The summed E-state index contributed by atoms with van der Waals surface area (Å²) in [4.78, 5) is 33.7. The van der Waals surface area contributed by atoms with E-state index in [4.69, 9.17) is 4.74 Å². The highest BCUT2D eigenvalue weighted by Gasteiger charge is 2.43. The molecule has 9 heteroatoms. The molecule has 1 amide bonds. The predicted octanol–water partition coefficient (Wildman–Crippen LogP) is 2.13. The number of hydrogen-bond acceptors (Lipinski definition) is 7. The van der Waals surface area contributed by atoms with Gasteiger partial charge in [0, 0.05) is 6.20 Å². The summed E-state index contributed by atoms with van der Waals surface area (Å²) in [5.74, 6) is -1.25. The van der Waals surface area contributed by atoms with Crippen molar-refractivity contribution in [2.45, 2.75) is 37.0 Å². The molecule has 1 aliphatic rings. The SMILES string of the molecule is COC(=O)c1cc(CS(=O)(=O)c2ccccc2)cnc1C1=NC(C)(C(C)C)C(=O)N1. The fourth-order valence-corrected chi connectivity index (χ4v) is 4.36. The van der Waals surface area contributed by atoms with Crippen molar-refractivity contribution in [1.29, 1.82) is 0 Å². The molecule has 0 aliphatic carbocycles. The van der Waals surface area contributed by atoms with Crippen molar-refractivity contribution in [2.24, 2.45) is 10.9 Å². The normalized spacial score (nSPS) is 18.8. The molecule has 1 N–H and O–H groups in total. The zero-order chi connectivity index (χ0) is 22.1. The lowest BCUT2D eigenvalue weighted by Crippen LogP contribution is -2.41. The number of esters is 1. The van der Waals surface area contributed by atoms with Crippen molar-refractivity contribution in [2.75, 3.05) is 7.11 Å². The van der Waals surface area contributed by atoms with Crippen LogP contribution < -0.4 is 5.32 Å². The van der Waals surface area contributed by atoms with Crippen LogP contribution in [0, 0.1) is 5.92 Å². The zero-order valence-corrected chi connectivity index (χ0v) is 18.0. The molecule has 0 radical (unpaired) electrons. The van der Waals surface area contributed by atoms with E-state index >= 15 is 0 Å². The minimum atomic E-state index is -3.63. The molecule has 2 heterocycles. The Kier molecular flexibility index (Phi) is 5.76. The van der Waals surface area contributed by atoms with Gasteiger partial charge in [-0.2, -0.15) is 0 Å². The first-order valence-electron chi connectivity index (χ1n) is 9.35. The Bertz CT molecular complexity index is 1130. The minimum absolute atomic E-state index is 0.0327. The zero-order valence-electron chi connectivity index (χ0n) is 17.2. The van der Waals surface area contributed by atoms with Crippen LogP contribution in [0.15, 0.2) is 52.5 Å². The van der Waals surface area contributed by atoms with Crippen molar-refractivity contribution in [3.8, 4) is 0 Å². The first kappa shape index (κ1) is 21.6. The molecule has 1 atom stereocenters. The van der Waals surface area contributed by atoms with Gasteiger partial charge in [0.05, 0.1) is 23.3 Å². The molecule has 3 rings (SSSR count). The molecule has 30 heavy (non-hydrogen) atoms. The molecule has 1 aromatic heterocycles. The quantitative estimate of drug-likeness (QED) is 0.704. The first-order chi connectivity index (χ1) is 14.1. The number of methoxy groups -OCH3 is 1. The van der Waals surface area contributed by atoms with E-state index < -0.39 is 21.3 Å². The average Bonchev–Trinajstić information content (AvgIpc) is 3.03. The maximum atomic E-state index is 12.7. The van der Waals surface area contributed by atoms with Crippen molar-refractivity contribution >= 4 is 27.5 Å². The number of carbonyl (C=O) groups excluding carboxylic acids is 2. The molecule has 158 valence electrons. The largest absolute Gasteiger partial charge is 0.465 e. The molecule has 2 aromatic rings. The number of aromatic nitrogens is 1. The van der Waals surface area contributed by atoms with E-state index in [2.05, 4.69) is 15.3 Å². The third-order valence-corrected chi connectivity index (χ3v) is 6.90. The molecule has 0 bridgehead atoms. The lowest BCUT2D eigenvalue weighted by Gasteiger charge is -2.21. The molecule has 0 saturated heterocycles. The van der Waals surface area contributed by atoms with Gasteiger partial charge in [0.1, 0.15) is 11.2 Å². The van der Waals surface area contributed by atoms with Crippen LogP contribution in [0.25, 0.3) is 0 Å².